The maximum atomic E-state index is 13.8. The summed E-state index contributed by atoms with van der Waals surface area (Å²) < 4.78 is 82.2. The number of hydrogen-bond acceptors (Lipinski definition) is 11. The Hall–Kier alpha value is -6.12. The predicted octanol–water partition coefficient (Wildman–Crippen LogP) is 7.24. The van der Waals surface area contributed by atoms with Crippen LogP contribution in [0.15, 0.2) is 107 Å². The molecule has 1 atom stereocenters. The minimum Gasteiger partial charge on any atom is -1.00 e. The Morgan fingerprint density at radius 2 is 1.20 bits per heavy atom. The van der Waals surface area contributed by atoms with Crippen LogP contribution in [-0.2, 0) is 23.2 Å². The Labute approximate surface area is 434 Å². The van der Waals surface area contributed by atoms with Crippen LogP contribution in [0.25, 0.3) is 33.9 Å². The first-order valence-corrected chi connectivity index (χ1v) is 22.3. The molecule has 13 nitrogen and oxygen atoms in total. The van der Waals surface area contributed by atoms with Gasteiger partial charge in [0.05, 0.1) is 49.6 Å². The van der Waals surface area contributed by atoms with Crippen molar-refractivity contribution in [2.75, 3.05) is 27.4 Å². The van der Waals surface area contributed by atoms with Crippen molar-refractivity contribution in [3.63, 3.8) is 0 Å². The van der Waals surface area contributed by atoms with Crippen molar-refractivity contribution in [3.8, 4) is 45.4 Å². The number of halogens is 5. The van der Waals surface area contributed by atoms with Gasteiger partial charge in [0.25, 0.3) is 0 Å². The SMILES string of the molecule is C1CCOC1.COc1cc(-c2noc3c2CCCC3(O)c2cc(F)cc(F)c2)ccc1-n1cnc(C)c1.COc1cc(-c2noc3c2CCCC3=O)ccc1-n1cnc(C)c1.Fc1c[c-]cc(F)c1.[Br-].[Mg+2]. The van der Waals surface area contributed by atoms with Crippen LogP contribution in [-0.4, -0.2) is 90.8 Å². The number of hydrogen-bond donors (Lipinski definition) is 1. The predicted molar refractivity (Wildman–Crippen MR) is 251 cm³/mol. The van der Waals surface area contributed by atoms with E-state index in [0.717, 1.165) is 113 Å². The average molecular weight is 1050 g/mol. The molecule has 1 N–H and O–H groups in total. The van der Waals surface area contributed by atoms with Gasteiger partial charge in [0.2, 0.25) is 11.5 Å². The van der Waals surface area contributed by atoms with Crippen LogP contribution in [0.2, 0.25) is 0 Å². The van der Waals surface area contributed by atoms with Gasteiger partial charge in [-0.25, -0.2) is 18.7 Å². The van der Waals surface area contributed by atoms with E-state index in [1.54, 1.807) is 26.9 Å². The molecule has 1 fully saturated rings. The quantitative estimate of drug-likeness (QED) is 0.0977. The van der Waals surface area contributed by atoms with Crippen molar-refractivity contribution in [2.24, 2.45) is 0 Å². The number of benzene rings is 4. The molecule has 3 aliphatic rings. The van der Waals surface area contributed by atoms with Gasteiger partial charge in [-0.1, -0.05) is 22.4 Å². The van der Waals surface area contributed by atoms with Gasteiger partial charge in [0.15, 0.2) is 11.4 Å². The Morgan fingerprint density at radius 3 is 1.68 bits per heavy atom. The van der Waals surface area contributed by atoms with Gasteiger partial charge in [0.1, 0.15) is 34.5 Å². The number of aryl methyl sites for hydroxylation is 2. The molecule has 4 aromatic carbocycles. The summed E-state index contributed by atoms with van der Waals surface area (Å²) in [5.74, 6) is -0.701. The number of carbonyl (C=O) groups is 1. The monoisotopic (exact) mass is 1050 g/mol. The fourth-order valence-corrected chi connectivity index (χ4v) is 8.43. The van der Waals surface area contributed by atoms with E-state index in [-0.39, 0.29) is 63.6 Å². The molecule has 1 saturated heterocycles. The minimum atomic E-state index is -1.65. The summed E-state index contributed by atoms with van der Waals surface area (Å²) in [5.41, 5.74) is 6.55. The molecule has 4 aromatic heterocycles. The number of Topliss-reactive ketones (excluding diaryl/α,β-unsaturated/α-hetero) is 1. The molecule has 11 rings (SSSR count). The first-order chi connectivity index (χ1) is 33.3. The number of aromatic nitrogens is 6. The zero-order valence-corrected chi connectivity index (χ0v) is 42.5. The summed E-state index contributed by atoms with van der Waals surface area (Å²) in [7, 11) is 3.22. The first-order valence-electron chi connectivity index (χ1n) is 22.3. The van der Waals surface area contributed by atoms with E-state index in [2.05, 4.69) is 26.3 Å². The van der Waals surface area contributed by atoms with Crippen LogP contribution in [0.1, 0.15) is 82.9 Å². The molecule has 19 heteroatoms. The molecule has 5 heterocycles. The Bertz CT molecular complexity index is 3040. The van der Waals surface area contributed by atoms with E-state index in [0.29, 0.717) is 42.2 Å². The number of imidazole rings is 2. The van der Waals surface area contributed by atoms with E-state index >= 15 is 0 Å². The fourth-order valence-electron chi connectivity index (χ4n) is 8.43. The molecule has 0 spiro atoms. The number of aliphatic hydroxyl groups is 1. The van der Waals surface area contributed by atoms with E-state index in [1.807, 2.05) is 71.8 Å². The molecule has 366 valence electrons. The van der Waals surface area contributed by atoms with Crippen LogP contribution in [0, 0.1) is 43.2 Å². The molecule has 1 unspecified atom stereocenters. The molecule has 1 aliphatic heterocycles. The van der Waals surface area contributed by atoms with E-state index in [1.165, 1.54) is 12.8 Å². The normalized spacial score (nSPS) is 15.5. The van der Waals surface area contributed by atoms with Crippen molar-refractivity contribution in [1.29, 1.82) is 0 Å². The summed E-state index contributed by atoms with van der Waals surface area (Å²) in [5, 5.41) is 19.7. The summed E-state index contributed by atoms with van der Waals surface area (Å²) in [6.07, 6.45) is 13.5. The number of nitrogens with zero attached hydrogens (tertiary/aromatic N) is 6. The summed E-state index contributed by atoms with van der Waals surface area (Å²) in [6.45, 7) is 5.85. The second-order valence-electron chi connectivity index (χ2n) is 16.6. The van der Waals surface area contributed by atoms with Crippen molar-refractivity contribution < 1.29 is 67.7 Å². The largest absolute Gasteiger partial charge is 2.00 e. The van der Waals surface area contributed by atoms with Gasteiger partial charge in [-0.05, 0) is 101 Å². The van der Waals surface area contributed by atoms with Crippen LogP contribution in [0.5, 0.6) is 11.5 Å². The third-order valence-electron chi connectivity index (χ3n) is 11.8. The smallest absolute Gasteiger partial charge is 1.00 e. The number of methoxy groups -OCH3 is 2. The molecular formula is C52H49BrF4MgN6O7. The van der Waals surface area contributed by atoms with Gasteiger partial charge < -0.3 is 54.5 Å². The summed E-state index contributed by atoms with van der Waals surface area (Å²) >= 11 is 0. The molecule has 0 amide bonds. The molecule has 0 bridgehead atoms. The van der Waals surface area contributed by atoms with Crippen LogP contribution >= 0.6 is 0 Å². The maximum absolute atomic E-state index is 13.8. The Balaban J connectivity index is 0.000000185. The second kappa shape index (κ2) is 24.3. The number of ether oxygens (including phenoxy) is 3. The van der Waals surface area contributed by atoms with Crippen molar-refractivity contribution >= 4 is 28.8 Å². The zero-order chi connectivity index (χ0) is 48.7. The molecule has 8 aromatic rings. The van der Waals surface area contributed by atoms with Crippen LogP contribution < -0.4 is 26.5 Å². The molecular weight excluding hydrogens is 1000 g/mol. The van der Waals surface area contributed by atoms with Gasteiger partial charge in [0, 0.05) is 72.0 Å². The van der Waals surface area contributed by atoms with Gasteiger partial charge in [-0.2, -0.15) is 6.07 Å². The second-order valence-corrected chi connectivity index (χ2v) is 16.6. The van der Waals surface area contributed by atoms with Crippen molar-refractivity contribution in [1.82, 2.24) is 29.4 Å². The number of fused-ring (bicyclic) bond motifs is 2. The number of ketones is 1. The van der Waals surface area contributed by atoms with E-state index < -0.39 is 28.9 Å². The fraction of sp³-hybridized carbons (Fsp3) is 0.288. The number of rotatable bonds is 7. The Kier molecular flexibility index (Phi) is 18.6. The van der Waals surface area contributed by atoms with Gasteiger partial charge in [-0.15, -0.1) is 18.2 Å². The van der Waals surface area contributed by atoms with Crippen molar-refractivity contribution in [3.05, 3.63) is 167 Å². The standard InChI is InChI=1S/C24H21F2N3O3.C18H17N3O3.C6H3F2.C4H8O.BrH.Mg/c1-14-12-29(13-27-14)20-6-5-15(8-21(20)31-2)22-19-4-3-7-24(30,23(19)32-28-22)16-9-17(25)11-18(26)10-16;1-11-9-21(10-19-11)14-7-6-12(8-16(14)23-2)17-13-4-3-5-15(22)18(13)24-20-17;7-5-2-1-3-6(8)4-5;1-2-4-5-3-1;;/h5-6,8-13,30H,3-4,7H2,1-2H3;6-10H,3-5H2,1-2H3;2-4H;1-4H2;1H;/q;;-1;;;+2/p-1. The molecule has 71 heavy (non-hydrogen) atoms. The van der Waals surface area contributed by atoms with Crippen LogP contribution in [0.3, 0.4) is 0 Å². The van der Waals surface area contributed by atoms with Gasteiger partial charge >= 0.3 is 23.1 Å². The minimum absolute atomic E-state index is 0. The molecule has 2 aliphatic carbocycles. The van der Waals surface area contributed by atoms with Crippen LogP contribution in [0.4, 0.5) is 17.6 Å². The molecule has 0 radical (unpaired) electrons. The third-order valence-corrected chi connectivity index (χ3v) is 11.8. The first kappa shape index (κ1) is 54.2. The summed E-state index contributed by atoms with van der Waals surface area (Å²) in [6, 6.07) is 19.7. The molecule has 0 saturated carbocycles. The van der Waals surface area contributed by atoms with E-state index in [4.69, 9.17) is 23.3 Å². The van der Waals surface area contributed by atoms with Gasteiger partial charge in [-0.3, -0.25) is 13.6 Å². The van der Waals surface area contributed by atoms with Crippen molar-refractivity contribution in [2.45, 2.75) is 70.8 Å². The summed E-state index contributed by atoms with van der Waals surface area (Å²) in [4.78, 5) is 20.4. The number of carbonyl (C=O) groups excluding carboxylic acids is 1. The van der Waals surface area contributed by atoms with E-state index in [9.17, 15) is 27.5 Å². The Morgan fingerprint density at radius 1 is 0.676 bits per heavy atom. The topological polar surface area (TPSA) is 153 Å². The zero-order valence-electron chi connectivity index (χ0n) is 39.5. The maximum Gasteiger partial charge on any atom is 2.00 e. The average Bonchev–Trinajstić information content (AvgIpc) is 4.21. The third kappa shape index (κ3) is 12.5.